The smallest absolute Gasteiger partial charge is 1.00 e. The number of esters is 1. The van der Waals surface area contributed by atoms with Gasteiger partial charge in [0.1, 0.15) is 0 Å². The number of aromatic carboxylic acids is 1. The van der Waals surface area contributed by atoms with E-state index in [9.17, 15) is 9.59 Å². The standard InChI is InChI=1S/C6H6N2O2.C5H5ClN2.C5H4N2O2.C5H6N2O.C2H6O.CH4O.B.Cl2OS.Na.H2O4S.H/c1-10-6(9)5-4-7-2-3-8-5;6-3-5-4-7-1-2-8-5;8-5(9)4-3-6-1-2-7-4;8-4-5-3-6-1-2-7-5;1-2-3;1-2;;1-4(2)3;;1-5(2,3)4;/h2-4H,1H3;1-2,4H,3H2;1-3H,(H,8,9);1-3,8H,4H2;3H,2H2,1H3;2H,1H3;;;;(H2,1,2,3,4);/q;;;;;;;;+1;;-1. The number of carboxylic acid groups (broad SMARTS) is 1. The third kappa shape index (κ3) is 51.6. The van der Waals surface area contributed by atoms with Crippen LogP contribution in [0.2, 0.25) is 0 Å². The van der Waals surface area contributed by atoms with E-state index in [1.165, 1.54) is 50.5 Å². The second-order valence-electron chi connectivity index (χ2n) is 6.61. The van der Waals surface area contributed by atoms with Gasteiger partial charge in [0.15, 0.2) is 11.4 Å². The van der Waals surface area contributed by atoms with Crippen LogP contribution in [0.15, 0.2) is 74.4 Å². The first-order valence-corrected chi connectivity index (χ1v) is 16.9. The largest absolute Gasteiger partial charge is 1.00 e. The van der Waals surface area contributed by atoms with Gasteiger partial charge in [-0.2, -0.15) is 8.42 Å². The van der Waals surface area contributed by atoms with Crippen molar-refractivity contribution in [3.05, 3.63) is 97.1 Å². The molecule has 20 nitrogen and oxygen atoms in total. The number of alkyl halides is 1. The molecule has 0 saturated carbocycles. The number of aliphatic hydroxyl groups is 3. The molecule has 0 aliphatic heterocycles. The molecule has 0 fully saturated rings. The Morgan fingerprint density at radius 2 is 1.10 bits per heavy atom. The molecule has 4 aromatic rings. The van der Waals surface area contributed by atoms with Crippen LogP contribution in [0.3, 0.4) is 0 Å². The SMILES string of the molecule is CCO.CO.COC(=O)c1cnccn1.ClCc1cnccn1.O=C(O)c1cnccn1.O=S(=O)(O)O.O=S(Cl)Cl.OCc1cnccn1.[B].[H-].[Na+]. The van der Waals surface area contributed by atoms with Crippen molar-refractivity contribution in [2.24, 2.45) is 0 Å². The molecule has 51 heavy (non-hydrogen) atoms. The molecule has 0 aliphatic carbocycles. The predicted molar refractivity (Wildman–Crippen MR) is 184 cm³/mol. The minimum absolute atomic E-state index is 0. The molecule has 4 rings (SSSR count). The number of methoxy groups -OCH3 is 1. The van der Waals surface area contributed by atoms with Crippen molar-refractivity contribution in [1.29, 1.82) is 0 Å². The molecule has 0 spiro atoms. The van der Waals surface area contributed by atoms with Gasteiger partial charge in [-0.25, -0.2) is 23.8 Å². The van der Waals surface area contributed by atoms with Gasteiger partial charge in [-0.15, -0.1) is 11.6 Å². The number of aliphatic hydroxyl groups excluding tert-OH is 3. The first-order valence-electron chi connectivity index (χ1n) is 12.2. The Morgan fingerprint density at radius 1 is 0.784 bits per heavy atom. The average molecular weight is 831 g/mol. The normalized spacial score (nSPS) is 8.47. The topological polar surface area (TPSA) is 319 Å². The number of halogens is 3. The van der Waals surface area contributed by atoms with Gasteiger partial charge in [0.05, 0.1) is 49.6 Å². The summed E-state index contributed by atoms with van der Waals surface area (Å²) in [6, 6.07) is 0. The molecule has 0 aromatic carbocycles. The van der Waals surface area contributed by atoms with E-state index >= 15 is 0 Å². The Kier molecular flexibility index (Phi) is 51.1. The summed E-state index contributed by atoms with van der Waals surface area (Å²) >= 11 is 5.42. The third-order valence-corrected chi connectivity index (χ3v) is 3.55. The number of carboxylic acids is 1. The van der Waals surface area contributed by atoms with E-state index in [2.05, 4.69) is 66.0 Å². The number of carbonyl (C=O) groups is 2. The summed E-state index contributed by atoms with van der Waals surface area (Å²) in [5.74, 6) is -1.08. The van der Waals surface area contributed by atoms with E-state index in [1.54, 1.807) is 37.9 Å². The summed E-state index contributed by atoms with van der Waals surface area (Å²) in [4.78, 5) is 50.5. The maximum Gasteiger partial charge on any atom is 1.00 e. The van der Waals surface area contributed by atoms with E-state index in [0.717, 1.165) is 12.8 Å². The summed E-state index contributed by atoms with van der Waals surface area (Å²) in [6.45, 7) is 1.90. The molecule has 0 atom stereocenters. The zero-order valence-corrected chi connectivity index (χ0v) is 33.2. The molecule has 3 radical (unpaired) electrons. The van der Waals surface area contributed by atoms with Crippen molar-refractivity contribution in [1.82, 2.24) is 39.9 Å². The van der Waals surface area contributed by atoms with Crippen LogP contribution in [0.5, 0.6) is 0 Å². The Labute approximate surface area is 335 Å². The van der Waals surface area contributed by atoms with Crippen LogP contribution in [0.25, 0.3) is 0 Å². The fourth-order valence-electron chi connectivity index (χ4n) is 1.73. The van der Waals surface area contributed by atoms with E-state index < -0.39 is 31.6 Å². The van der Waals surface area contributed by atoms with Crippen LogP contribution in [0.1, 0.15) is 40.7 Å². The van der Waals surface area contributed by atoms with Gasteiger partial charge < -0.3 is 26.6 Å². The molecule has 0 saturated heterocycles. The monoisotopic (exact) mass is 829 g/mol. The van der Waals surface area contributed by atoms with Crippen LogP contribution >= 0.6 is 33.0 Å². The average Bonchev–Trinajstić information content (AvgIpc) is 3.10. The Morgan fingerprint density at radius 3 is 1.27 bits per heavy atom. The summed E-state index contributed by atoms with van der Waals surface area (Å²) in [7, 11) is 4.99. The summed E-state index contributed by atoms with van der Waals surface area (Å²) < 4.78 is 45.1. The van der Waals surface area contributed by atoms with Gasteiger partial charge in [0.25, 0.3) is 0 Å². The van der Waals surface area contributed by atoms with E-state index in [4.69, 9.17) is 53.8 Å². The third-order valence-electron chi connectivity index (χ3n) is 3.27. The van der Waals surface area contributed by atoms with Gasteiger partial charge in [-0.1, -0.05) is 0 Å². The Balaban J connectivity index is -0.0000000918. The molecule has 4 aromatic heterocycles. The number of carbonyl (C=O) groups excluding carboxylic acids is 1. The molecule has 4 heterocycles. The van der Waals surface area contributed by atoms with Crippen LogP contribution < -0.4 is 29.6 Å². The predicted octanol–water partition coefficient (Wildman–Crippen LogP) is -1.64. The molecule has 279 valence electrons. The van der Waals surface area contributed by atoms with Crippen molar-refractivity contribution in [3.8, 4) is 0 Å². The molecule has 0 amide bonds. The van der Waals surface area contributed by atoms with Gasteiger partial charge >= 0.3 is 51.9 Å². The van der Waals surface area contributed by atoms with Gasteiger partial charge in [0.2, 0.25) is 9.23 Å². The maximum absolute atomic E-state index is 10.7. The van der Waals surface area contributed by atoms with Gasteiger partial charge in [0, 0.05) is 99.3 Å². The summed E-state index contributed by atoms with van der Waals surface area (Å²) in [6.07, 6.45) is 17.8. The van der Waals surface area contributed by atoms with Crippen LogP contribution in [-0.2, 0) is 36.8 Å². The van der Waals surface area contributed by atoms with E-state index in [-0.39, 0.29) is 64.0 Å². The number of hydrogen-bond acceptors (Lipinski definition) is 17. The van der Waals surface area contributed by atoms with Crippen molar-refractivity contribution < 1.29 is 87.5 Å². The number of aromatic nitrogens is 8. The Bertz CT molecular complexity index is 1430. The maximum atomic E-state index is 10.7. The molecule has 6 N–H and O–H groups in total. The fraction of sp³-hybridized carbons (Fsp3) is 0.250. The second kappa shape index (κ2) is 43.3. The molecule has 27 heteroatoms. The number of nitrogens with zero attached hydrogens (tertiary/aromatic N) is 8. The van der Waals surface area contributed by atoms with Crippen LogP contribution in [0.4, 0.5) is 0 Å². The van der Waals surface area contributed by atoms with E-state index in [1.807, 2.05) is 0 Å². The van der Waals surface area contributed by atoms with Crippen LogP contribution in [-0.4, -0.2) is 123 Å². The first-order chi connectivity index (χ1) is 23.2. The zero-order valence-electron chi connectivity index (χ0n) is 28.3. The van der Waals surface area contributed by atoms with Crippen molar-refractivity contribution in [3.63, 3.8) is 0 Å². The van der Waals surface area contributed by atoms with Crippen molar-refractivity contribution in [2.75, 3.05) is 20.8 Å². The zero-order chi connectivity index (χ0) is 38.5. The number of hydrogen-bond donors (Lipinski definition) is 6. The molecule has 0 aliphatic rings. The molecular formula is C24H34BCl3N8NaO12S2. The summed E-state index contributed by atoms with van der Waals surface area (Å²) in [5.41, 5.74) is 1.61. The minimum atomic E-state index is -4.67. The van der Waals surface area contributed by atoms with Crippen molar-refractivity contribution >= 4 is 72.9 Å². The Hall–Kier alpha value is -2.91. The second-order valence-corrected chi connectivity index (χ2v) is 10.3. The molecular weight excluding hydrogens is 797 g/mol. The molecule has 0 bridgehead atoms. The number of rotatable bonds is 4. The fourth-order valence-corrected chi connectivity index (χ4v) is 1.87. The van der Waals surface area contributed by atoms with Gasteiger partial charge in [-0.05, 0) is 6.92 Å². The quantitative estimate of drug-likeness (QED) is 0.0441. The summed E-state index contributed by atoms with van der Waals surface area (Å²) in [5, 5.41) is 31.3. The van der Waals surface area contributed by atoms with E-state index in [0.29, 0.717) is 11.6 Å². The molecule has 0 unspecified atom stereocenters. The number of ether oxygens (including phenoxy) is 1. The minimum Gasteiger partial charge on any atom is -1.00 e. The first kappa shape index (κ1) is 60.2. The van der Waals surface area contributed by atoms with Crippen molar-refractivity contribution in [2.45, 2.75) is 19.4 Å². The van der Waals surface area contributed by atoms with Gasteiger partial charge in [-0.3, -0.25) is 39.0 Å². The van der Waals surface area contributed by atoms with Crippen LogP contribution in [0, 0.1) is 0 Å².